The van der Waals surface area contributed by atoms with Gasteiger partial charge in [0.05, 0.1) is 6.42 Å². The Hall–Kier alpha value is -0.860. The fourth-order valence-electron chi connectivity index (χ4n) is 1.28. The molecule has 0 heterocycles. The first-order valence-electron chi connectivity index (χ1n) is 3.82. The van der Waals surface area contributed by atoms with Crippen LogP contribution in [0.4, 0.5) is 4.53 Å². The largest absolute Gasteiger partial charge is 0.352 e. The van der Waals surface area contributed by atoms with Crippen molar-refractivity contribution < 1.29 is 14.3 Å². The van der Waals surface area contributed by atoms with Crippen LogP contribution in [-0.2, 0) is 9.74 Å². The van der Waals surface area contributed by atoms with E-state index in [4.69, 9.17) is 0 Å². The first-order valence-corrected chi connectivity index (χ1v) is 3.82. The molecule has 0 fully saturated rings. The molecule has 0 saturated carbocycles. The maximum Gasteiger partial charge on any atom is 0.352 e. The molecule has 0 radical (unpaired) electrons. The van der Waals surface area contributed by atoms with E-state index in [1.165, 1.54) is 6.42 Å². The fourth-order valence-corrected chi connectivity index (χ4v) is 1.28. The van der Waals surface area contributed by atoms with E-state index >= 15 is 0 Å². The van der Waals surface area contributed by atoms with E-state index in [9.17, 15) is 9.32 Å². The summed E-state index contributed by atoms with van der Waals surface area (Å²) in [6, 6.07) is 0. The summed E-state index contributed by atoms with van der Waals surface area (Å²) in [4.78, 5) is 13.5. The van der Waals surface area contributed by atoms with Gasteiger partial charge in [-0.25, -0.2) is 4.79 Å². The van der Waals surface area contributed by atoms with Gasteiger partial charge in [-0.3, -0.25) is 4.94 Å². The number of halogens is 1. The number of hydrogen-bond acceptors (Lipinski definition) is 2. The minimum Gasteiger partial charge on any atom is -0.255 e. The molecule has 0 N–H and O–H groups in total. The van der Waals surface area contributed by atoms with Crippen LogP contribution in [0.2, 0.25) is 0 Å². The minimum atomic E-state index is -0.779. The van der Waals surface area contributed by atoms with Crippen LogP contribution in [0.1, 0.15) is 32.1 Å². The van der Waals surface area contributed by atoms with E-state index in [0.717, 1.165) is 24.8 Å². The molecule has 0 aromatic heterocycles. The van der Waals surface area contributed by atoms with Crippen LogP contribution < -0.4 is 0 Å². The summed E-state index contributed by atoms with van der Waals surface area (Å²) in [5.41, 5.74) is 1.01. The SMILES string of the molecule is O=C(CC1=CCCCC1)OF. The molecule has 0 atom stereocenters. The lowest BCUT2D eigenvalue weighted by molar-refractivity contribution is -0.182. The lowest BCUT2D eigenvalue weighted by Gasteiger charge is -2.09. The second-order valence-corrected chi connectivity index (χ2v) is 2.73. The molecular weight excluding hydrogens is 147 g/mol. The minimum absolute atomic E-state index is 0.122. The van der Waals surface area contributed by atoms with E-state index < -0.39 is 5.97 Å². The molecule has 0 aromatic carbocycles. The van der Waals surface area contributed by atoms with E-state index in [1.807, 2.05) is 6.08 Å². The summed E-state index contributed by atoms with van der Waals surface area (Å²) < 4.78 is 11.3. The molecule has 0 saturated heterocycles. The van der Waals surface area contributed by atoms with Crippen molar-refractivity contribution in [1.82, 2.24) is 0 Å². The molecule has 0 aliphatic heterocycles. The van der Waals surface area contributed by atoms with Gasteiger partial charge in [0.15, 0.2) is 0 Å². The Bertz CT molecular complexity index is 175. The van der Waals surface area contributed by atoms with E-state index in [1.54, 1.807) is 0 Å². The van der Waals surface area contributed by atoms with Gasteiger partial charge in [-0.15, -0.1) is 0 Å². The molecule has 2 nitrogen and oxygen atoms in total. The second-order valence-electron chi connectivity index (χ2n) is 2.73. The number of allylic oxidation sites excluding steroid dienone is 1. The molecule has 1 aliphatic carbocycles. The molecule has 0 aromatic rings. The van der Waals surface area contributed by atoms with Crippen LogP contribution in [-0.4, -0.2) is 5.97 Å². The van der Waals surface area contributed by atoms with Crippen molar-refractivity contribution in [2.45, 2.75) is 32.1 Å². The summed E-state index contributed by atoms with van der Waals surface area (Å²) >= 11 is 0. The maximum absolute atomic E-state index is 11.3. The van der Waals surface area contributed by atoms with Gasteiger partial charge in [0, 0.05) is 4.53 Å². The zero-order valence-electron chi connectivity index (χ0n) is 6.31. The van der Waals surface area contributed by atoms with Gasteiger partial charge in [-0.1, -0.05) is 11.6 Å². The molecule has 0 amide bonds. The van der Waals surface area contributed by atoms with Gasteiger partial charge in [0.1, 0.15) is 0 Å². The average Bonchev–Trinajstić information content (AvgIpc) is 2.06. The number of carbonyl (C=O) groups excluding carboxylic acids is 1. The smallest absolute Gasteiger partial charge is 0.255 e. The van der Waals surface area contributed by atoms with Gasteiger partial charge in [0.2, 0.25) is 0 Å². The summed E-state index contributed by atoms with van der Waals surface area (Å²) in [5.74, 6) is -0.779. The fraction of sp³-hybridized carbons (Fsp3) is 0.625. The standard InChI is InChI=1S/C8H11FO2/c9-11-8(10)6-7-4-2-1-3-5-7/h4H,1-3,5-6H2. The first-order chi connectivity index (χ1) is 5.33. The normalized spacial score (nSPS) is 17.4. The van der Waals surface area contributed by atoms with Gasteiger partial charge in [-0.2, -0.15) is 0 Å². The number of carbonyl (C=O) groups is 1. The zero-order chi connectivity index (χ0) is 8.10. The van der Waals surface area contributed by atoms with Crippen LogP contribution in [0.25, 0.3) is 0 Å². The van der Waals surface area contributed by atoms with Gasteiger partial charge in [-0.05, 0) is 25.7 Å². The second kappa shape index (κ2) is 4.11. The quantitative estimate of drug-likeness (QED) is 0.576. The first kappa shape index (κ1) is 8.24. The molecule has 62 valence electrons. The molecular formula is C8H11FO2. The Morgan fingerprint density at radius 3 is 3.00 bits per heavy atom. The third-order valence-electron chi connectivity index (χ3n) is 1.84. The van der Waals surface area contributed by atoms with Crippen molar-refractivity contribution in [3.05, 3.63) is 11.6 Å². The Morgan fingerprint density at radius 1 is 1.64 bits per heavy atom. The van der Waals surface area contributed by atoms with Crippen LogP contribution in [0, 0.1) is 0 Å². The Morgan fingerprint density at radius 2 is 2.45 bits per heavy atom. The topological polar surface area (TPSA) is 26.3 Å². The summed E-state index contributed by atoms with van der Waals surface area (Å²) in [6.45, 7) is 0. The van der Waals surface area contributed by atoms with E-state index in [0.29, 0.717) is 0 Å². The molecule has 11 heavy (non-hydrogen) atoms. The summed E-state index contributed by atoms with van der Waals surface area (Å²) in [7, 11) is 0. The maximum atomic E-state index is 11.3. The van der Waals surface area contributed by atoms with Crippen LogP contribution >= 0.6 is 0 Å². The number of rotatable bonds is 2. The highest BCUT2D eigenvalue weighted by Gasteiger charge is 2.09. The average molecular weight is 158 g/mol. The van der Waals surface area contributed by atoms with Gasteiger partial charge in [0.25, 0.3) is 0 Å². The van der Waals surface area contributed by atoms with Crippen LogP contribution in [0.3, 0.4) is 0 Å². The summed E-state index contributed by atoms with van der Waals surface area (Å²) in [6.07, 6.45) is 6.32. The summed E-state index contributed by atoms with van der Waals surface area (Å²) in [5, 5.41) is 0. The monoisotopic (exact) mass is 158 g/mol. The van der Waals surface area contributed by atoms with Gasteiger partial charge >= 0.3 is 5.97 Å². The lowest BCUT2D eigenvalue weighted by Crippen LogP contribution is -2.01. The molecule has 0 bridgehead atoms. The third-order valence-corrected chi connectivity index (χ3v) is 1.84. The predicted molar refractivity (Wildman–Crippen MR) is 38.4 cm³/mol. The van der Waals surface area contributed by atoms with Gasteiger partial charge < -0.3 is 0 Å². The molecule has 1 rings (SSSR count). The Kier molecular flexibility index (Phi) is 3.08. The number of hydrogen-bond donors (Lipinski definition) is 0. The predicted octanol–water partition coefficient (Wildman–Crippen LogP) is 2.30. The van der Waals surface area contributed by atoms with Crippen LogP contribution in [0.5, 0.6) is 0 Å². The van der Waals surface area contributed by atoms with E-state index in [-0.39, 0.29) is 6.42 Å². The molecule has 3 heteroatoms. The lowest BCUT2D eigenvalue weighted by atomic mass is 9.97. The van der Waals surface area contributed by atoms with E-state index in [2.05, 4.69) is 4.94 Å². The van der Waals surface area contributed by atoms with Crippen molar-refractivity contribution in [2.75, 3.05) is 0 Å². The third kappa shape index (κ3) is 2.70. The highest BCUT2D eigenvalue weighted by atomic mass is 19.3. The highest BCUT2D eigenvalue weighted by molar-refractivity contribution is 5.71. The van der Waals surface area contributed by atoms with Crippen molar-refractivity contribution in [3.63, 3.8) is 0 Å². The van der Waals surface area contributed by atoms with Crippen molar-refractivity contribution in [3.8, 4) is 0 Å². The Labute approximate surface area is 64.9 Å². The molecule has 0 unspecified atom stereocenters. The van der Waals surface area contributed by atoms with Crippen molar-refractivity contribution in [2.24, 2.45) is 0 Å². The Balaban J connectivity index is 2.35. The van der Waals surface area contributed by atoms with Crippen molar-refractivity contribution >= 4 is 5.97 Å². The molecule has 1 aliphatic rings. The highest BCUT2D eigenvalue weighted by Crippen LogP contribution is 2.20. The zero-order valence-corrected chi connectivity index (χ0v) is 6.31. The molecule has 0 spiro atoms. The van der Waals surface area contributed by atoms with Crippen LogP contribution in [0.15, 0.2) is 11.6 Å². The van der Waals surface area contributed by atoms with Crippen molar-refractivity contribution in [1.29, 1.82) is 0 Å².